The number of rotatable bonds is 6. The number of carbonyl (C=O) groups is 2. The molecule has 31 heavy (non-hydrogen) atoms. The van der Waals surface area contributed by atoms with Crippen LogP contribution in [0.15, 0.2) is 72.8 Å². The van der Waals surface area contributed by atoms with E-state index >= 15 is 0 Å². The topological polar surface area (TPSA) is 67.9 Å². The molecule has 0 saturated carbocycles. The van der Waals surface area contributed by atoms with E-state index < -0.39 is 0 Å². The number of carbonyl (C=O) groups excluding carboxylic acids is 2. The first-order valence-electron chi connectivity index (χ1n) is 10.1. The van der Waals surface area contributed by atoms with Crippen LogP contribution < -0.4 is 19.7 Å². The third-order valence-corrected chi connectivity index (χ3v) is 5.25. The summed E-state index contributed by atoms with van der Waals surface area (Å²) in [6.07, 6.45) is 0.853. The lowest BCUT2D eigenvalue weighted by molar-refractivity contribution is -0.118. The molecule has 0 radical (unpaired) electrons. The average Bonchev–Trinajstić information content (AvgIpc) is 3.13. The molecule has 1 aliphatic heterocycles. The summed E-state index contributed by atoms with van der Waals surface area (Å²) in [4.78, 5) is 27.1. The van der Waals surface area contributed by atoms with Crippen LogP contribution in [0.1, 0.15) is 22.8 Å². The van der Waals surface area contributed by atoms with Crippen LogP contribution in [0.4, 0.5) is 11.4 Å². The molecule has 0 saturated heterocycles. The van der Waals surface area contributed by atoms with E-state index in [9.17, 15) is 9.59 Å². The number of nitrogens with zero attached hydrogens (tertiary/aromatic N) is 1. The lowest BCUT2D eigenvalue weighted by atomic mass is 10.1. The van der Waals surface area contributed by atoms with Crippen molar-refractivity contribution < 1.29 is 19.1 Å². The lowest BCUT2D eigenvalue weighted by Gasteiger charge is -2.23. The summed E-state index contributed by atoms with van der Waals surface area (Å²) < 4.78 is 10.7. The SMILES string of the molecule is COc1cccc(NC(=O)COc2ccc(C(=O)N3c4ccccc4CC3C)cc2)c1. The molecule has 1 N–H and O–H groups in total. The predicted octanol–water partition coefficient (Wildman–Crippen LogP) is 4.30. The number of amides is 2. The van der Waals surface area contributed by atoms with Crippen molar-refractivity contribution in [1.29, 1.82) is 0 Å². The largest absolute Gasteiger partial charge is 0.497 e. The normalized spacial score (nSPS) is 14.6. The number of fused-ring (bicyclic) bond motifs is 1. The van der Waals surface area contributed by atoms with Crippen LogP contribution in [0.25, 0.3) is 0 Å². The number of ether oxygens (including phenoxy) is 2. The number of hydrogen-bond acceptors (Lipinski definition) is 4. The van der Waals surface area contributed by atoms with Gasteiger partial charge in [-0.2, -0.15) is 0 Å². The predicted molar refractivity (Wildman–Crippen MR) is 120 cm³/mol. The summed E-state index contributed by atoms with van der Waals surface area (Å²) in [5, 5.41) is 2.76. The van der Waals surface area contributed by atoms with Gasteiger partial charge in [0.1, 0.15) is 11.5 Å². The van der Waals surface area contributed by atoms with Crippen molar-refractivity contribution in [2.24, 2.45) is 0 Å². The summed E-state index contributed by atoms with van der Waals surface area (Å²) in [5.74, 6) is 0.858. The Labute approximate surface area is 181 Å². The van der Waals surface area contributed by atoms with Crippen LogP contribution in [-0.2, 0) is 11.2 Å². The standard InChI is InChI=1S/C25H24N2O4/c1-17-14-19-6-3-4-9-23(19)27(17)25(29)18-10-12-21(13-11-18)31-16-24(28)26-20-7-5-8-22(15-20)30-2/h3-13,15,17H,14,16H2,1-2H3,(H,26,28). The molecule has 6 heteroatoms. The minimum Gasteiger partial charge on any atom is -0.497 e. The van der Waals surface area contributed by atoms with Gasteiger partial charge in [-0.25, -0.2) is 0 Å². The Morgan fingerprint density at radius 2 is 1.77 bits per heavy atom. The fraction of sp³-hybridized carbons (Fsp3) is 0.200. The first-order valence-corrected chi connectivity index (χ1v) is 10.1. The minimum absolute atomic E-state index is 0.0419. The van der Waals surface area contributed by atoms with Crippen LogP contribution in [0.3, 0.4) is 0 Å². The van der Waals surface area contributed by atoms with Gasteiger partial charge in [-0.3, -0.25) is 9.59 Å². The molecule has 0 fully saturated rings. The molecule has 3 aromatic carbocycles. The highest BCUT2D eigenvalue weighted by atomic mass is 16.5. The Kier molecular flexibility index (Phi) is 5.89. The number of nitrogens with one attached hydrogen (secondary N) is 1. The third kappa shape index (κ3) is 4.53. The zero-order valence-electron chi connectivity index (χ0n) is 17.5. The van der Waals surface area contributed by atoms with Crippen LogP contribution in [0.2, 0.25) is 0 Å². The van der Waals surface area contributed by atoms with Crippen molar-refractivity contribution in [3.63, 3.8) is 0 Å². The molecule has 0 spiro atoms. The van der Waals surface area contributed by atoms with E-state index in [0.717, 1.165) is 12.1 Å². The van der Waals surface area contributed by atoms with Gasteiger partial charge < -0.3 is 19.7 Å². The van der Waals surface area contributed by atoms with Crippen LogP contribution in [-0.4, -0.2) is 31.6 Å². The van der Waals surface area contributed by atoms with Gasteiger partial charge in [0.15, 0.2) is 6.61 Å². The van der Waals surface area contributed by atoms with E-state index in [1.54, 1.807) is 55.6 Å². The number of anilines is 2. The average molecular weight is 416 g/mol. The fourth-order valence-corrected chi connectivity index (χ4v) is 3.75. The number of benzene rings is 3. The molecular weight excluding hydrogens is 392 g/mol. The second-order valence-corrected chi connectivity index (χ2v) is 7.45. The fourth-order valence-electron chi connectivity index (χ4n) is 3.75. The molecule has 3 aromatic rings. The molecule has 0 bridgehead atoms. The molecule has 6 nitrogen and oxygen atoms in total. The van der Waals surface area contributed by atoms with Crippen molar-refractivity contribution in [3.8, 4) is 11.5 Å². The lowest BCUT2D eigenvalue weighted by Crippen LogP contribution is -2.35. The molecule has 2 amide bonds. The number of hydrogen-bond donors (Lipinski definition) is 1. The molecule has 1 heterocycles. The van der Waals surface area contributed by atoms with Crippen LogP contribution in [0, 0.1) is 0 Å². The van der Waals surface area contributed by atoms with Gasteiger partial charge >= 0.3 is 0 Å². The Morgan fingerprint density at radius 1 is 1.00 bits per heavy atom. The van der Waals surface area contributed by atoms with E-state index in [2.05, 4.69) is 18.3 Å². The molecule has 0 aromatic heterocycles. The maximum Gasteiger partial charge on any atom is 0.262 e. The van der Waals surface area contributed by atoms with Gasteiger partial charge in [0, 0.05) is 29.0 Å². The highest BCUT2D eigenvalue weighted by Crippen LogP contribution is 2.33. The second-order valence-electron chi connectivity index (χ2n) is 7.45. The molecule has 1 atom stereocenters. The highest BCUT2D eigenvalue weighted by Gasteiger charge is 2.31. The quantitative estimate of drug-likeness (QED) is 0.650. The van der Waals surface area contributed by atoms with Crippen LogP contribution in [0.5, 0.6) is 11.5 Å². The van der Waals surface area contributed by atoms with Gasteiger partial charge in [0.25, 0.3) is 11.8 Å². The summed E-state index contributed by atoms with van der Waals surface area (Å²) in [5.41, 5.74) is 3.37. The Balaban J connectivity index is 1.36. The smallest absolute Gasteiger partial charge is 0.262 e. The van der Waals surface area contributed by atoms with Gasteiger partial charge in [0.05, 0.1) is 7.11 Å². The first kappa shape index (κ1) is 20.5. The maximum atomic E-state index is 13.1. The molecule has 158 valence electrons. The van der Waals surface area contributed by atoms with E-state index in [0.29, 0.717) is 22.7 Å². The van der Waals surface area contributed by atoms with Gasteiger partial charge in [-0.05, 0) is 61.4 Å². The third-order valence-electron chi connectivity index (χ3n) is 5.25. The van der Waals surface area contributed by atoms with Crippen molar-refractivity contribution in [2.45, 2.75) is 19.4 Å². The van der Waals surface area contributed by atoms with E-state index in [4.69, 9.17) is 9.47 Å². The highest BCUT2D eigenvalue weighted by molar-refractivity contribution is 6.07. The molecule has 0 aliphatic carbocycles. The first-order chi connectivity index (χ1) is 15.0. The summed E-state index contributed by atoms with van der Waals surface area (Å²) in [6.45, 7) is 1.91. The van der Waals surface area contributed by atoms with Crippen molar-refractivity contribution >= 4 is 23.2 Å². The Bertz CT molecular complexity index is 1090. The maximum absolute atomic E-state index is 13.1. The Hall–Kier alpha value is -3.80. The molecule has 1 unspecified atom stereocenters. The van der Waals surface area contributed by atoms with Gasteiger partial charge in [0.2, 0.25) is 0 Å². The minimum atomic E-state index is -0.282. The van der Waals surface area contributed by atoms with Crippen LogP contribution >= 0.6 is 0 Å². The molecule has 4 rings (SSSR count). The summed E-state index contributed by atoms with van der Waals surface area (Å²) >= 11 is 0. The summed E-state index contributed by atoms with van der Waals surface area (Å²) in [7, 11) is 1.57. The van der Waals surface area contributed by atoms with Crippen molar-refractivity contribution in [2.75, 3.05) is 23.9 Å². The number of methoxy groups -OCH3 is 1. The summed E-state index contributed by atoms with van der Waals surface area (Å²) in [6, 6.07) is 22.1. The monoisotopic (exact) mass is 416 g/mol. The van der Waals surface area contributed by atoms with E-state index in [-0.39, 0.29) is 24.5 Å². The van der Waals surface area contributed by atoms with E-state index in [1.807, 2.05) is 23.1 Å². The zero-order valence-corrected chi connectivity index (χ0v) is 17.5. The van der Waals surface area contributed by atoms with Crippen molar-refractivity contribution in [3.05, 3.63) is 83.9 Å². The molecular formula is C25H24N2O4. The van der Waals surface area contributed by atoms with Gasteiger partial charge in [-0.15, -0.1) is 0 Å². The van der Waals surface area contributed by atoms with E-state index in [1.165, 1.54) is 5.56 Å². The second kappa shape index (κ2) is 8.92. The Morgan fingerprint density at radius 3 is 2.55 bits per heavy atom. The molecule has 1 aliphatic rings. The van der Waals surface area contributed by atoms with Gasteiger partial charge in [-0.1, -0.05) is 24.3 Å². The van der Waals surface area contributed by atoms with Crippen molar-refractivity contribution in [1.82, 2.24) is 0 Å². The number of para-hydroxylation sites is 1. The zero-order chi connectivity index (χ0) is 21.8.